The molecule has 0 bridgehead atoms. The Balaban J connectivity index is 2.10. The van der Waals surface area contributed by atoms with Crippen LogP contribution in [-0.2, 0) is 12.5 Å². The lowest BCUT2D eigenvalue weighted by Gasteiger charge is -2.36. The molecule has 1 aliphatic rings. The number of aromatic nitrogens is 1. The van der Waals surface area contributed by atoms with Crippen molar-refractivity contribution in [2.75, 3.05) is 0 Å². The fourth-order valence-electron chi connectivity index (χ4n) is 3.43. The summed E-state index contributed by atoms with van der Waals surface area (Å²) in [6.07, 6.45) is 11.3. The zero-order valence-corrected chi connectivity index (χ0v) is 13.0. The van der Waals surface area contributed by atoms with Crippen LogP contribution in [0.1, 0.15) is 53.0 Å². The van der Waals surface area contributed by atoms with Crippen molar-refractivity contribution in [3.63, 3.8) is 0 Å². The van der Waals surface area contributed by atoms with Crippen LogP contribution in [0.5, 0.6) is 0 Å². The number of nitrogens with zero attached hydrogens (tertiary/aromatic N) is 1. The third kappa shape index (κ3) is 2.16. The van der Waals surface area contributed by atoms with Gasteiger partial charge < -0.3 is 4.57 Å². The summed E-state index contributed by atoms with van der Waals surface area (Å²) in [5, 5.41) is 0. The van der Waals surface area contributed by atoms with Crippen molar-refractivity contribution in [2.45, 2.75) is 51.4 Å². The van der Waals surface area contributed by atoms with Gasteiger partial charge in [0, 0.05) is 34.6 Å². The minimum atomic E-state index is 0.295. The lowest BCUT2D eigenvalue weighted by atomic mass is 9.69. The Morgan fingerprint density at radius 3 is 2.42 bits per heavy atom. The zero-order valence-electron chi connectivity index (χ0n) is 12.2. The van der Waals surface area contributed by atoms with Gasteiger partial charge in [-0.1, -0.05) is 19.3 Å². The maximum atomic E-state index is 2.44. The molecule has 0 spiro atoms. The van der Waals surface area contributed by atoms with Crippen molar-refractivity contribution in [3.8, 4) is 0 Å². The van der Waals surface area contributed by atoms with Crippen molar-refractivity contribution in [1.82, 2.24) is 4.57 Å². The molecular weight excluding hydrogens is 250 g/mol. The van der Waals surface area contributed by atoms with E-state index in [4.69, 9.17) is 0 Å². The third-order valence-corrected chi connectivity index (χ3v) is 6.09. The van der Waals surface area contributed by atoms with E-state index in [1.807, 2.05) is 11.3 Å². The van der Waals surface area contributed by atoms with Gasteiger partial charge in [0.25, 0.3) is 0 Å². The van der Waals surface area contributed by atoms with Crippen molar-refractivity contribution in [2.24, 2.45) is 7.05 Å². The highest BCUT2D eigenvalue weighted by atomic mass is 32.1. The largest absolute Gasteiger partial charge is 0.357 e. The minimum Gasteiger partial charge on any atom is -0.357 e. The number of hydrogen-bond donors (Lipinski definition) is 0. The molecule has 0 N–H and O–H groups in total. The molecule has 2 heterocycles. The van der Waals surface area contributed by atoms with Crippen LogP contribution in [-0.4, -0.2) is 4.57 Å². The molecule has 1 saturated carbocycles. The Morgan fingerprint density at radius 2 is 1.89 bits per heavy atom. The normalized spacial score (nSPS) is 18.7. The molecule has 0 unspecified atom stereocenters. The maximum absolute atomic E-state index is 2.44. The topological polar surface area (TPSA) is 4.93 Å². The third-order valence-electron chi connectivity index (χ3n) is 4.73. The first-order valence-corrected chi connectivity index (χ1v) is 8.13. The van der Waals surface area contributed by atoms with Crippen molar-refractivity contribution in [3.05, 3.63) is 45.4 Å². The molecule has 19 heavy (non-hydrogen) atoms. The molecule has 1 nitrogen and oxygen atoms in total. The molecule has 2 aromatic heterocycles. The summed E-state index contributed by atoms with van der Waals surface area (Å²) in [5.41, 5.74) is 3.28. The number of aryl methyl sites for hydroxylation is 3. The van der Waals surface area contributed by atoms with Gasteiger partial charge in [-0.05, 0) is 49.9 Å². The second kappa shape index (κ2) is 4.82. The molecule has 3 rings (SSSR count). The summed E-state index contributed by atoms with van der Waals surface area (Å²) in [7, 11) is 2.13. The smallest absolute Gasteiger partial charge is 0.0311 e. The maximum Gasteiger partial charge on any atom is 0.0311 e. The van der Waals surface area contributed by atoms with Crippen molar-refractivity contribution >= 4 is 11.3 Å². The van der Waals surface area contributed by atoms with Crippen LogP contribution in [0, 0.1) is 13.8 Å². The van der Waals surface area contributed by atoms with E-state index in [1.165, 1.54) is 48.1 Å². The van der Waals surface area contributed by atoms with Gasteiger partial charge in [0.15, 0.2) is 0 Å². The predicted octanol–water partition coefficient (Wildman–Crippen LogP) is 4.95. The molecule has 0 atom stereocenters. The highest BCUT2D eigenvalue weighted by Crippen LogP contribution is 2.47. The average molecular weight is 273 g/mol. The first-order chi connectivity index (χ1) is 9.12. The minimum absolute atomic E-state index is 0.295. The van der Waals surface area contributed by atoms with E-state index in [9.17, 15) is 0 Å². The van der Waals surface area contributed by atoms with Gasteiger partial charge in [-0.2, -0.15) is 0 Å². The van der Waals surface area contributed by atoms with E-state index < -0.39 is 0 Å². The SMILES string of the molecule is Cc1cc(C2(c3ccn(C)c3)CCCCC2)sc1C. The summed E-state index contributed by atoms with van der Waals surface area (Å²) in [5.74, 6) is 0. The Kier molecular flexibility index (Phi) is 3.30. The van der Waals surface area contributed by atoms with E-state index in [2.05, 4.69) is 50.0 Å². The molecule has 0 aromatic carbocycles. The van der Waals surface area contributed by atoms with Crippen LogP contribution in [0.2, 0.25) is 0 Å². The van der Waals surface area contributed by atoms with E-state index in [1.54, 1.807) is 4.88 Å². The summed E-state index contributed by atoms with van der Waals surface area (Å²) >= 11 is 2.01. The van der Waals surface area contributed by atoms with E-state index >= 15 is 0 Å². The Hall–Kier alpha value is -1.02. The first kappa shape index (κ1) is 13.0. The highest BCUT2D eigenvalue weighted by molar-refractivity contribution is 7.12. The fraction of sp³-hybridized carbons (Fsp3) is 0.529. The lowest BCUT2D eigenvalue weighted by Crippen LogP contribution is -2.29. The molecule has 0 radical (unpaired) electrons. The molecule has 102 valence electrons. The summed E-state index contributed by atoms with van der Waals surface area (Å²) in [6.45, 7) is 4.50. The standard InChI is InChI=1S/C17H23NS/c1-13-11-16(19-14(13)2)17(8-5-4-6-9-17)15-7-10-18(3)12-15/h7,10-12H,4-6,8-9H2,1-3H3. The number of rotatable bonds is 2. The fourth-order valence-corrected chi connectivity index (χ4v) is 4.73. The molecule has 0 aliphatic heterocycles. The molecule has 1 fully saturated rings. The summed E-state index contributed by atoms with van der Waals surface area (Å²) in [6, 6.07) is 4.77. The Bertz CT molecular complexity index is 550. The van der Waals surface area contributed by atoms with Gasteiger partial charge in [-0.25, -0.2) is 0 Å². The number of hydrogen-bond acceptors (Lipinski definition) is 1. The van der Waals surface area contributed by atoms with Gasteiger partial charge >= 0.3 is 0 Å². The van der Waals surface area contributed by atoms with Gasteiger partial charge in [0.1, 0.15) is 0 Å². The van der Waals surface area contributed by atoms with E-state index in [0.29, 0.717) is 5.41 Å². The molecule has 1 aliphatic carbocycles. The quantitative estimate of drug-likeness (QED) is 0.729. The van der Waals surface area contributed by atoms with Gasteiger partial charge in [-0.3, -0.25) is 0 Å². The average Bonchev–Trinajstić information content (AvgIpc) is 2.98. The van der Waals surface area contributed by atoms with Crippen LogP contribution in [0.25, 0.3) is 0 Å². The second-order valence-electron chi connectivity index (χ2n) is 6.06. The van der Waals surface area contributed by atoms with Crippen LogP contribution in [0.3, 0.4) is 0 Å². The van der Waals surface area contributed by atoms with Crippen LogP contribution >= 0.6 is 11.3 Å². The second-order valence-corrected chi connectivity index (χ2v) is 7.31. The van der Waals surface area contributed by atoms with E-state index in [0.717, 1.165) is 0 Å². The lowest BCUT2D eigenvalue weighted by molar-refractivity contribution is 0.351. The number of thiophene rings is 1. The van der Waals surface area contributed by atoms with Crippen molar-refractivity contribution < 1.29 is 0 Å². The molecule has 2 aromatic rings. The van der Waals surface area contributed by atoms with Crippen LogP contribution in [0.15, 0.2) is 24.5 Å². The Labute approximate surface area is 120 Å². The first-order valence-electron chi connectivity index (χ1n) is 7.32. The monoisotopic (exact) mass is 273 g/mol. The van der Waals surface area contributed by atoms with Gasteiger partial charge in [0.2, 0.25) is 0 Å². The summed E-state index contributed by atoms with van der Waals surface area (Å²) < 4.78 is 2.19. The van der Waals surface area contributed by atoms with Crippen molar-refractivity contribution in [1.29, 1.82) is 0 Å². The van der Waals surface area contributed by atoms with Crippen LogP contribution < -0.4 is 0 Å². The molecule has 0 saturated heterocycles. The molecule has 0 amide bonds. The molecule has 2 heteroatoms. The zero-order chi connectivity index (χ0) is 13.5. The van der Waals surface area contributed by atoms with E-state index in [-0.39, 0.29) is 0 Å². The van der Waals surface area contributed by atoms with Crippen LogP contribution in [0.4, 0.5) is 0 Å². The molecular formula is C17H23NS. The predicted molar refractivity (Wildman–Crippen MR) is 83.1 cm³/mol. The van der Waals surface area contributed by atoms with Gasteiger partial charge in [-0.15, -0.1) is 11.3 Å². The highest BCUT2D eigenvalue weighted by Gasteiger charge is 2.37. The Morgan fingerprint density at radius 1 is 1.16 bits per heavy atom. The summed E-state index contributed by atoms with van der Waals surface area (Å²) in [4.78, 5) is 3.07. The van der Waals surface area contributed by atoms with Gasteiger partial charge in [0.05, 0.1) is 0 Å².